The van der Waals surface area contributed by atoms with Crippen LogP contribution in [0.1, 0.15) is 0 Å². The van der Waals surface area contributed by atoms with Crippen LogP contribution in [0.15, 0.2) is 140 Å². The molecule has 1 aromatic heterocycles. The predicted octanol–water partition coefficient (Wildman–Crippen LogP) is 8.28. The Bertz CT molecular complexity index is 1560. The summed E-state index contributed by atoms with van der Waals surface area (Å²) >= 11 is 0. The zero-order valence-electron chi connectivity index (χ0n) is 20.1. The van der Waals surface area contributed by atoms with Crippen molar-refractivity contribution >= 4 is 11.4 Å². The van der Waals surface area contributed by atoms with E-state index in [0.29, 0.717) is 17.5 Å². The van der Waals surface area contributed by atoms with Crippen molar-refractivity contribution in [2.45, 2.75) is 0 Å². The lowest BCUT2D eigenvalue weighted by atomic mass is 9.98. The molecule has 5 aromatic carbocycles. The molecule has 0 aliphatic heterocycles. The zero-order chi connectivity index (χ0) is 24.9. The van der Waals surface area contributed by atoms with Crippen LogP contribution in [0.3, 0.4) is 0 Å². The molecule has 1 heterocycles. The summed E-state index contributed by atoms with van der Waals surface area (Å²) in [6.07, 6.45) is 0. The first-order chi connectivity index (χ1) is 18.3. The van der Waals surface area contributed by atoms with E-state index in [4.69, 9.17) is 15.0 Å². The van der Waals surface area contributed by atoms with Gasteiger partial charge in [0.15, 0.2) is 17.5 Å². The molecule has 6 aromatic rings. The van der Waals surface area contributed by atoms with Crippen LogP contribution in [-0.4, -0.2) is 15.0 Å². The topological polar surface area (TPSA) is 50.7 Å². The van der Waals surface area contributed by atoms with Gasteiger partial charge in [-0.1, -0.05) is 115 Å². The molecule has 0 fully saturated rings. The first kappa shape index (κ1) is 22.4. The standard InChI is InChI=1S/C33H24N4/c1-4-12-25(13-5-1)31-35-32(26-14-6-2-7-15-26)37-33(36-31)30-19-11-10-18-29(30)24-20-22-28(23-21-24)34-27-16-8-3-9-17-27/h1-23,34H. The van der Waals surface area contributed by atoms with Crippen molar-refractivity contribution in [3.63, 3.8) is 0 Å². The Labute approximate surface area is 216 Å². The highest BCUT2D eigenvalue weighted by Crippen LogP contribution is 2.33. The van der Waals surface area contributed by atoms with Crippen molar-refractivity contribution in [2.75, 3.05) is 5.32 Å². The summed E-state index contributed by atoms with van der Waals surface area (Å²) in [7, 11) is 0. The summed E-state index contributed by atoms with van der Waals surface area (Å²) in [6.45, 7) is 0. The van der Waals surface area contributed by atoms with Crippen LogP contribution in [-0.2, 0) is 0 Å². The second-order valence-electron chi connectivity index (χ2n) is 8.65. The normalized spacial score (nSPS) is 10.7. The van der Waals surface area contributed by atoms with Gasteiger partial charge in [0.25, 0.3) is 0 Å². The summed E-state index contributed by atoms with van der Waals surface area (Å²) in [5.41, 5.74) is 7.13. The zero-order valence-corrected chi connectivity index (χ0v) is 20.1. The van der Waals surface area contributed by atoms with Crippen LogP contribution in [0.25, 0.3) is 45.3 Å². The van der Waals surface area contributed by atoms with Crippen molar-refractivity contribution in [3.8, 4) is 45.3 Å². The quantitative estimate of drug-likeness (QED) is 0.263. The van der Waals surface area contributed by atoms with E-state index in [-0.39, 0.29) is 0 Å². The molecule has 0 saturated carbocycles. The number of nitrogens with one attached hydrogen (secondary N) is 1. The van der Waals surface area contributed by atoms with Crippen molar-refractivity contribution in [2.24, 2.45) is 0 Å². The maximum absolute atomic E-state index is 4.92. The van der Waals surface area contributed by atoms with E-state index < -0.39 is 0 Å². The smallest absolute Gasteiger partial charge is 0.164 e. The fraction of sp³-hybridized carbons (Fsp3) is 0. The summed E-state index contributed by atoms with van der Waals surface area (Å²) in [6, 6.07) is 47.0. The SMILES string of the molecule is c1ccc(Nc2ccc(-c3ccccc3-c3nc(-c4ccccc4)nc(-c4ccccc4)n3)cc2)cc1. The Hall–Kier alpha value is -5.09. The number of anilines is 2. The van der Waals surface area contributed by atoms with Gasteiger partial charge in [0.05, 0.1) is 0 Å². The van der Waals surface area contributed by atoms with Crippen molar-refractivity contribution in [1.82, 2.24) is 15.0 Å². The molecule has 0 amide bonds. The monoisotopic (exact) mass is 476 g/mol. The van der Waals surface area contributed by atoms with Crippen LogP contribution in [0.4, 0.5) is 11.4 Å². The number of hydrogen-bond acceptors (Lipinski definition) is 4. The number of nitrogens with zero attached hydrogens (tertiary/aromatic N) is 3. The fourth-order valence-electron chi connectivity index (χ4n) is 4.28. The van der Waals surface area contributed by atoms with Crippen LogP contribution >= 0.6 is 0 Å². The second-order valence-corrected chi connectivity index (χ2v) is 8.65. The van der Waals surface area contributed by atoms with Gasteiger partial charge in [0.1, 0.15) is 0 Å². The highest BCUT2D eigenvalue weighted by atomic mass is 15.0. The van der Waals surface area contributed by atoms with Gasteiger partial charge in [-0.25, -0.2) is 15.0 Å². The molecule has 0 unspecified atom stereocenters. The second kappa shape index (κ2) is 10.3. The van der Waals surface area contributed by atoms with E-state index in [0.717, 1.165) is 39.2 Å². The predicted molar refractivity (Wildman–Crippen MR) is 151 cm³/mol. The van der Waals surface area contributed by atoms with Crippen LogP contribution in [0.5, 0.6) is 0 Å². The number of benzene rings is 5. The number of hydrogen-bond donors (Lipinski definition) is 1. The lowest BCUT2D eigenvalue weighted by Crippen LogP contribution is -2.01. The minimum Gasteiger partial charge on any atom is -0.356 e. The summed E-state index contributed by atoms with van der Waals surface area (Å²) in [5, 5.41) is 3.45. The molecule has 4 heteroatoms. The average molecular weight is 477 g/mol. The van der Waals surface area contributed by atoms with Crippen LogP contribution < -0.4 is 5.32 Å². The first-order valence-corrected chi connectivity index (χ1v) is 12.2. The first-order valence-electron chi connectivity index (χ1n) is 12.2. The summed E-state index contributed by atoms with van der Waals surface area (Å²) < 4.78 is 0. The van der Waals surface area contributed by atoms with Gasteiger partial charge in [0, 0.05) is 28.1 Å². The van der Waals surface area contributed by atoms with Crippen molar-refractivity contribution in [1.29, 1.82) is 0 Å². The molecule has 4 nitrogen and oxygen atoms in total. The van der Waals surface area contributed by atoms with Gasteiger partial charge >= 0.3 is 0 Å². The summed E-state index contributed by atoms with van der Waals surface area (Å²) in [4.78, 5) is 14.7. The largest absolute Gasteiger partial charge is 0.356 e. The molecule has 0 spiro atoms. The van der Waals surface area contributed by atoms with E-state index in [1.165, 1.54) is 0 Å². The summed E-state index contributed by atoms with van der Waals surface area (Å²) in [5.74, 6) is 1.96. The third kappa shape index (κ3) is 5.00. The molecular formula is C33H24N4. The molecule has 37 heavy (non-hydrogen) atoms. The number of aromatic nitrogens is 3. The lowest BCUT2D eigenvalue weighted by molar-refractivity contribution is 1.07. The van der Waals surface area contributed by atoms with Gasteiger partial charge < -0.3 is 5.32 Å². The highest BCUT2D eigenvalue weighted by Gasteiger charge is 2.15. The minimum absolute atomic E-state index is 0.648. The molecule has 0 aliphatic carbocycles. The van der Waals surface area contributed by atoms with E-state index in [1.807, 2.05) is 91.0 Å². The van der Waals surface area contributed by atoms with Crippen LogP contribution in [0.2, 0.25) is 0 Å². The Morgan fingerprint density at radius 1 is 0.324 bits per heavy atom. The molecule has 176 valence electrons. The molecule has 0 radical (unpaired) electrons. The fourth-order valence-corrected chi connectivity index (χ4v) is 4.28. The molecule has 1 N–H and O–H groups in total. The van der Waals surface area contributed by atoms with E-state index in [2.05, 4.69) is 53.8 Å². The van der Waals surface area contributed by atoms with Gasteiger partial charge in [-0.05, 0) is 35.4 Å². The lowest BCUT2D eigenvalue weighted by Gasteiger charge is -2.13. The Kier molecular flexibility index (Phi) is 6.21. The average Bonchev–Trinajstić information content (AvgIpc) is 2.99. The molecule has 0 atom stereocenters. The van der Waals surface area contributed by atoms with E-state index >= 15 is 0 Å². The molecule has 0 aliphatic rings. The van der Waals surface area contributed by atoms with Gasteiger partial charge in [0.2, 0.25) is 0 Å². The maximum atomic E-state index is 4.92. The number of para-hydroxylation sites is 1. The molecule has 0 saturated heterocycles. The third-order valence-electron chi connectivity index (χ3n) is 6.13. The minimum atomic E-state index is 0.648. The van der Waals surface area contributed by atoms with E-state index in [1.54, 1.807) is 0 Å². The van der Waals surface area contributed by atoms with E-state index in [9.17, 15) is 0 Å². The van der Waals surface area contributed by atoms with Crippen molar-refractivity contribution < 1.29 is 0 Å². The van der Waals surface area contributed by atoms with Gasteiger partial charge in [-0.15, -0.1) is 0 Å². The molecular weight excluding hydrogens is 452 g/mol. The Balaban J connectivity index is 1.42. The van der Waals surface area contributed by atoms with Gasteiger partial charge in [-0.3, -0.25) is 0 Å². The van der Waals surface area contributed by atoms with Crippen LogP contribution in [0, 0.1) is 0 Å². The molecule has 6 rings (SSSR count). The molecule has 0 bridgehead atoms. The van der Waals surface area contributed by atoms with Crippen molar-refractivity contribution in [3.05, 3.63) is 140 Å². The van der Waals surface area contributed by atoms with Gasteiger partial charge in [-0.2, -0.15) is 0 Å². The number of rotatable bonds is 6. The third-order valence-corrected chi connectivity index (χ3v) is 6.13. The maximum Gasteiger partial charge on any atom is 0.164 e. The highest BCUT2D eigenvalue weighted by molar-refractivity contribution is 5.82. The Morgan fingerprint density at radius 2 is 0.757 bits per heavy atom. The Morgan fingerprint density at radius 3 is 1.32 bits per heavy atom.